The van der Waals surface area contributed by atoms with Crippen LogP contribution in [0, 0.1) is 0 Å². The molecule has 1 heterocycles. The summed E-state index contributed by atoms with van der Waals surface area (Å²) in [6, 6.07) is 2.40. The summed E-state index contributed by atoms with van der Waals surface area (Å²) < 4.78 is 6.36. The molecule has 2 unspecified atom stereocenters. The molecule has 1 rings (SSSR count). The number of ether oxygens (including phenoxy) is 1. The van der Waals surface area contributed by atoms with Crippen LogP contribution in [0.15, 0.2) is 15.9 Å². The third kappa shape index (κ3) is 4.61. The van der Waals surface area contributed by atoms with E-state index < -0.39 is 0 Å². The molecule has 1 aromatic rings. The average Bonchev–Trinajstić information content (AvgIpc) is 2.62. The van der Waals surface area contributed by atoms with E-state index in [-0.39, 0.29) is 12.1 Å². The Hall–Kier alpha value is 0.0600. The van der Waals surface area contributed by atoms with Crippen LogP contribution in [0.4, 0.5) is 0 Å². The van der Waals surface area contributed by atoms with Crippen LogP contribution in [0.5, 0.6) is 0 Å². The molecule has 0 amide bonds. The van der Waals surface area contributed by atoms with E-state index in [1.165, 1.54) is 4.88 Å². The van der Waals surface area contributed by atoms with Crippen LogP contribution in [0.3, 0.4) is 0 Å². The predicted octanol–water partition coefficient (Wildman–Crippen LogP) is 2.31. The number of methoxy groups -OCH3 is 1. The van der Waals surface area contributed by atoms with E-state index >= 15 is 0 Å². The van der Waals surface area contributed by atoms with E-state index in [9.17, 15) is 0 Å². The summed E-state index contributed by atoms with van der Waals surface area (Å²) in [5.41, 5.74) is 2.84. The van der Waals surface area contributed by atoms with Crippen LogP contribution in [-0.2, 0) is 11.2 Å². The number of hydrogen-bond donors (Lipinski definition) is 2. The van der Waals surface area contributed by atoms with Gasteiger partial charge >= 0.3 is 0 Å². The molecule has 0 saturated carbocycles. The largest absolute Gasteiger partial charge is 0.382 e. The zero-order valence-electron chi connectivity index (χ0n) is 9.00. The summed E-state index contributed by atoms with van der Waals surface area (Å²) >= 11 is 5.19. The second-order valence-electron chi connectivity index (χ2n) is 3.58. The minimum absolute atomic E-state index is 0.231. The summed E-state index contributed by atoms with van der Waals surface area (Å²) in [5.74, 6) is 5.52. The summed E-state index contributed by atoms with van der Waals surface area (Å²) in [6.07, 6.45) is 2.10. The first-order chi connectivity index (χ1) is 7.15. The quantitative estimate of drug-likeness (QED) is 0.625. The fourth-order valence-corrected chi connectivity index (χ4v) is 2.94. The molecule has 0 aliphatic rings. The predicted molar refractivity (Wildman–Crippen MR) is 67.9 cm³/mol. The zero-order chi connectivity index (χ0) is 11.3. The van der Waals surface area contributed by atoms with Gasteiger partial charge in [-0.05, 0) is 41.8 Å². The van der Waals surface area contributed by atoms with E-state index in [1.807, 2.05) is 0 Å². The lowest BCUT2D eigenvalue weighted by Crippen LogP contribution is -2.39. The van der Waals surface area contributed by atoms with E-state index in [0.29, 0.717) is 0 Å². The molecule has 1 aromatic heterocycles. The molecule has 0 saturated heterocycles. The molecule has 2 atom stereocenters. The second kappa shape index (κ2) is 6.60. The Morgan fingerprint density at radius 1 is 1.67 bits per heavy atom. The minimum Gasteiger partial charge on any atom is -0.382 e. The van der Waals surface area contributed by atoms with E-state index in [2.05, 4.69) is 39.7 Å². The van der Waals surface area contributed by atoms with Crippen molar-refractivity contribution in [2.75, 3.05) is 7.11 Å². The fraction of sp³-hybridized carbons (Fsp3) is 0.600. The van der Waals surface area contributed by atoms with E-state index in [4.69, 9.17) is 10.6 Å². The topological polar surface area (TPSA) is 47.3 Å². The van der Waals surface area contributed by atoms with Gasteiger partial charge in [-0.3, -0.25) is 11.3 Å². The standard InChI is InChI=1S/C10H17BrN2OS/c1-7(14-2)3-9(13-12)5-10-4-8(11)6-15-10/h4,6-7,9,13H,3,5,12H2,1-2H3. The Balaban J connectivity index is 2.46. The molecule has 0 aromatic carbocycles. The smallest absolute Gasteiger partial charge is 0.0558 e. The van der Waals surface area contributed by atoms with Crippen LogP contribution < -0.4 is 11.3 Å². The van der Waals surface area contributed by atoms with Gasteiger partial charge in [-0.2, -0.15) is 0 Å². The fourth-order valence-electron chi connectivity index (χ4n) is 1.41. The Labute approximate surface area is 103 Å². The molecule has 0 bridgehead atoms. The van der Waals surface area contributed by atoms with Crippen LogP contribution >= 0.6 is 27.3 Å². The number of nitrogens with two attached hydrogens (primary N) is 1. The third-order valence-electron chi connectivity index (χ3n) is 2.32. The minimum atomic E-state index is 0.231. The molecule has 0 aliphatic carbocycles. The van der Waals surface area contributed by atoms with Crippen molar-refractivity contribution in [2.24, 2.45) is 5.84 Å². The van der Waals surface area contributed by atoms with Gasteiger partial charge in [0.15, 0.2) is 0 Å². The van der Waals surface area contributed by atoms with Gasteiger partial charge in [-0.25, -0.2) is 0 Å². The van der Waals surface area contributed by atoms with Gasteiger partial charge in [0.05, 0.1) is 6.10 Å². The van der Waals surface area contributed by atoms with Crippen molar-refractivity contribution in [3.63, 3.8) is 0 Å². The summed E-state index contributed by atoms with van der Waals surface area (Å²) in [7, 11) is 1.72. The van der Waals surface area contributed by atoms with Gasteiger partial charge in [-0.1, -0.05) is 0 Å². The maximum absolute atomic E-state index is 5.52. The van der Waals surface area contributed by atoms with Gasteiger partial charge in [0, 0.05) is 27.9 Å². The van der Waals surface area contributed by atoms with Crippen molar-refractivity contribution in [1.29, 1.82) is 0 Å². The van der Waals surface area contributed by atoms with Crippen molar-refractivity contribution in [3.8, 4) is 0 Å². The molecule has 5 heteroatoms. The molecular formula is C10H17BrN2OS. The van der Waals surface area contributed by atoms with Gasteiger partial charge in [-0.15, -0.1) is 11.3 Å². The number of thiophene rings is 1. The molecule has 0 fully saturated rings. The van der Waals surface area contributed by atoms with Crippen molar-refractivity contribution in [2.45, 2.75) is 31.9 Å². The van der Waals surface area contributed by atoms with Crippen molar-refractivity contribution < 1.29 is 4.74 Å². The Kier molecular flexibility index (Phi) is 5.78. The second-order valence-corrected chi connectivity index (χ2v) is 5.49. The van der Waals surface area contributed by atoms with Crippen LogP contribution in [0.2, 0.25) is 0 Å². The number of halogens is 1. The monoisotopic (exact) mass is 292 g/mol. The lowest BCUT2D eigenvalue weighted by atomic mass is 10.1. The summed E-state index contributed by atoms with van der Waals surface area (Å²) in [4.78, 5) is 1.33. The SMILES string of the molecule is COC(C)CC(Cc1cc(Br)cs1)NN. The van der Waals surface area contributed by atoms with Crippen LogP contribution in [0.25, 0.3) is 0 Å². The van der Waals surface area contributed by atoms with Crippen molar-refractivity contribution in [3.05, 3.63) is 20.8 Å². The molecule has 0 radical (unpaired) electrons. The zero-order valence-corrected chi connectivity index (χ0v) is 11.4. The van der Waals surface area contributed by atoms with Gasteiger partial charge < -0.3 is 4.74 Å². The van der Waals surface area contributed by atoms with Crippen LogP contribution in [0.1, 0.15) is 18.2 Å². The lowest BCUT2D eigenvalue weighted by Gasteiger charge is -2.18. The highest BCUT2D eigenvalue weighted by atomic mass is 79.9. The first-order valence-corrected chi connectivity index (χ1v) is 6.54. The van der Waals surface area contributed by atoms with Gasteiger partial charge in [0.25, 0.3) is 0 Å². The Morgan fingerprint density at radius 3 is 2.87 bits per heavy atom. The summed E-state index contributed by atoms with van der Waals surface area (Å²) in [5, 5.41) is 2.09. The Bertz CT molecular complexity index is 293. The number of rotatable bonds is 6. The molecule has 86 valence electrons. The van der Waals surface area contributed by atoms with Crippen molar-refractivity contribution in [1.82, 2.24) is 5.43 Å². The van der Waals surface area contributed by atoms with E-state index in [0.717, 1.165) is 17.3 Å². The highest BCUT2D eigenvalue weighted by Crippen LogP contribution is 2.21. The first-order valence-electron chi connectivity index (χ1n) is 4.87. The maximum atomic E-state index is 5.52. The normalized spacial score (nSPS) is 15.2. The maximum Gasteiger partial charge on any atom is 0.0558 e. The number of nitrogens with one attached hydrogen (secondary N) is 1. The molecular weight excluding hydrogens is 276 g/mol. The highest BCUT2D eigenvalue weighted by molar-refractivity contribution is 9.10. The average molecular weight is 293 g/mol. The molecule has 0 spiro atoms. The molecule has 3 nitrogen and oxygen atoms in total. The molecule has 0 aliphatic heterocycles. The molecule has 15 heavy (non-hydrogen) atoms. The highest BCUT2D eigenvalue weighted by Gasteiger charge is 2.13. The Morgan fingerprint density at radius 2 is 2.40 bits per heavy atom. The third-order valence-corrected chi connectivity index (χ3v) is 4.04. The first kappa shape index (κ1) is 13.1. The van der Waals surface area contributed by atoms with Gasteiger partial charge in [0.1, 0.15) is 0 Å². The van der Waals surface area contributed by atoms with Crippen molar-refractivity contribution >= 4 is 27.3 Å². The van der Waals surface area contributed by atoms with E-state index in [1.54, 1.807) is 18.4 Å². The van der Waals surface area contributed by atoms with Crippen LogP contribution in [-0.4, -0.2) is 19.3 Å². The summed E-state index contributed by atoms with van der Waals surface area (Å²) in [6.45, 7) is 2.05. The number of hydrazine groups is 1. The van der Waals surface area contributed by atoms with Gasteiger partial charge in [0.2, 0.25) is 0 Å². The lowest BCUT2D eigenvalue weighted by molar-refractivity contribution is 0.100. The molecule has 3 N–H and O–H groups in total. The number of hydrogen-bond acceptors (Lipinski definition) is 4.